The number of hydrogen-bond donors (Lipinski definition) is 1. The number of carbonyl (C=O) groups is 1. The molecule has 3 aromatic carbocycles. The second kappa shape index (κ2) is 8.37. The van der Waals surface area contributed by atoms with Gasteiger partial charge in [-0.2, -0.15) is 0 Å². The van der Waals surface area contributed by atoms with Gasteiger partial charge in [-0.05, 0) is 42.0 Å². The van der Waals surface area contributed by atoms with Crippen LogP contribution < -0.4 is 10.2 Å². The molecule has 0 unspecified atom stereocenters. The fourth-order valence-electron chi connectivity index (χ4n) is 5.01. The zero-order valence-corrected chi connectivity index (χ0v) is 18.6. The number of imidazole rings is 1. The number of nitrogens with zero attached hydrogens (tertiary/aromatic N) is 4. The maximum absolute atomic E-state index is 12.4. The van der Waals surface area contributed by atoms with Crippen LogP contribution in [0.2, 0.25) is 0 Å². The topological polar surface area (TPSA) is 53.4 Å². The number of anilines is 1. The number of amides is 1. The van der Waals surface area contributed by atoms with E-state index in [0.29, 0.717) is 12.1 Å². The summed E-state index contributed by atoms with van der Waals surface area (Å²) in [6, 6.07) is 25.2. The van der Waals surface area contributed by atoms with Gasteiger partial charge in [0.1, 0.15) is 5.82 Å². The van der Waals surface area contributed by atoms with E-state index in [1.807, 2.05) is 18.2 Å². The summed E-state index contributed by atoms with van der Waals surface area (Å²) >= 11 is 0. The third kappa shape index (κ3) is 3.76. The number of benzene rings is 3. The van der Waals surface area contributed by atoms with Crippen LogP contribution in [0.25, 0.3) is 22.4 Å². The van der Waals surface area contributed by atoms with Crippen molar-refractivity contribution in [3.63, 3.8) is 0 Å². The standard InChI is InChI=1S/C27H27N5O/c33-27-23-7-4-8-24-25(23)32(14-13-28-27)26(29-24)21-9-11-22(12-10-21)31-17-15-30(16-18-31)19-20-5-2-1-3-6-20/h1-12H,13-19H2,(H,28,33). The molecule has 3 heterocycles. The molecule has 166 valence electrons. The summed E-state index contributed by atoms with van der Waals surface area (Å²) in [5.41, 5.74) is 6.22. The van der Waals surface area contributed by atoms with Crippen LogP contribution in [0, 0.1) is 0 Å². The minimum absolute atomic E-state index is 0.0208. The van der Waals surface area contributed by atoms with E-state index in [-0.39, 0.29) is 5.91 Å². The lowest BCUT2D eigenvalue weighted by Gasteiger charge is -2.36. The zero-order chi connectivity index (χ0) is 22.2. The highest BCUT2D eigenvalue weighted by molar-refractivity contribution is 6.06. The molecule has 2 aliphatic heterocycles. The van der Waals surface area contributed by atoms with Gasteiger partial charge in [0.15, 0.2) is 0 Å². The first-order chi connectivity index (χ1) is 16.3. The summed E-state index contributed by atoms with van der Waals surface area (Å²) in [4.78, 5) is 22.3. The van der Waals surface area contributed by atoms with Crippen molar-refractivity contribution in [2.75, 3.05) is 37.6 Å². The third-order valence-electron chi connectivity index (χ3n) is 6.74. The molecule has 6 heteroatoms. The van der Waals surface area contributed by atoms with Gasteiger partial charge in [0.2, 0.25) is 0 Å². The second-order valence-corrected chi connectivity index (χ2v) is 8.81. The molecule has 4 aromatic rings. The van der Waals surface area contributed by atoms with Gasteiger partial charge in [-0.25, -0.2) is 4.98 Å². The van der Waals surface area contributed by atoms with Gasteiger partial charge in [-0.15, -0.1) is 0 Å². The molecule has 2 aliphatic rings. The van der Waals surface area contributed by atoms with E-state index in [1.54, 1.807) is 0 Å². The zero-order valence-electron chi connectivity index (χ0n) is 18.6. The van der Waals surface area contributed by atoms with Gasteiger partial charge >= 0.3 is 0 Å². The second-order valence-electron chi connectivity index (χ2n) is 8.81. The van der Waals surface area contributed by atoms with E-state index in [9.17, 15) is 4.79 Å². The van der Waals surface area contributed by atoms with Crippen molar-refractivity contribution in [2.24, 2.45) is 0 Å². The normalized spacial score (nSPS) is 16.6. The Hall–Kier alpha value is -3.64. The van der Waals surface area contributed by atoms with E-state index in [1.165, 1.54) is 11.3 Å². The van der Waals surface area contributed by atoms with Crippen LogP contribution in [0.4, 0.5) is 5.69 Å². The predicted molar refractivity (Wildman–Crippen MR) is 131 cm³/mol. The van der Waals surface area contributed by atoms with Crippen LogP contribution in [-0.4, -0.2) is 53.1 Å². The van der Waals surface area contributed by atoms with E-state index in [2.05, 4.69) is 74.3 Å². The molecule has 0 radical (unpaired) electrons. The van der Waals surface area contributed by atoms with Crippen LogP contribution >= 0.6 is 0 Å². The number of para-hydroxylation sites is 1. The summed E-state index contributed by atoms with van der Waals surface area (Å²) < 4.78 is 2.18. The maximum Gasteiger partial charge on any atom is 0.253 e. The Morgan fingerprint density at radius 2 is 1.61 bits per heavy atom. The summed E-state index contributed by atoms with van der Waals surface area (Å²) in [7, 11) is 0. The molecule has 0 spiro atoms. The Bertz CT molecular complexity index is 1290. The van der Waals surface area contributed by atoms with Gasteiger partial charge in [-0.1, -0.05) is 36.4 Å². The Balaban J connectivity index is 1.20. The number of carbonyl (C=O) groups excluding carboxylic acids is 1. The first kappa shape index (κ1) is 20.0. The molecule has 1 amide bonds. The molecular formula is C27H27N5O. The molecule has 1 saturated heterocycles. The van der Waals surface area contributed by atoms with Crippen molar-refractivity contribution in [3.05, 3.63) is 83.9 Å². The maximum atomic E-state index is 12.4. The van der Waals surface area contributed by atoms with Gasteiger partial charge < -0.3 is 14.8 Å². The van der Waals surface area contributed by atoms with Gasteiger partial charge in [-0.3, -0.25) is 9.69 Å². The minimum Gasteiger partial charge on any atom is -0.369 e. The molecule has 1 fully saturated rings. The van der Waals surface area contributed by atoms with Gasteiger partial charge in [0.25, 0.3) is 5.91 Å². The van der Waals surface area contributed by atoms with Crippen LogP contribution in [0.3, 0.4) is 0 Å². The highest BCUT2D eigenvalue weighted by atomic mass is 16.1. The Labute approximate surface area is 193 Å². The number of piperazine rings is 1. The Kier molecular flexibility index (Phi) is 5.07. The molecule has 0 aliphatic carbocycles. The lowest BCUT2D eigenvalue weighted by Crippen LogP contribution is -2.45. The van der Waals surface area contributed by atoms with E-state index >= 15 is 0 Å². The van der Waals surface area contributed by atoms with Crippen LogP contribution in [-0.2, 0) is 13.1 Å². The number of nitrogens with one attached hydrogen (secondary N) is 1. The van der Waals surface area contributed by atoms with Gasteiger partial charge in [0.05, 0.1) is 16.6 Å². The van der Waals surface area contributed by atoms with Gasteiger partial charge in [0, 0.05) is 57.1 Å². The quantitative estimate of drug-likeness (QED) is 0.528. The average Bonchev–Trinajstić information content (AvgIpc) is 3.15. The SMILES string of the molecule is O=C1NCCn2c(-c3ccc(N4CCN(Cc5ccccc5)CC4)cc3)nc3cccc1c32. The molecule has 1 aromatic heterocycles. The summed E-state index contributed by atoms with van der Waals surface area (Å²) in [6.07, 6.45) is 0. The van der Waals surface area contributed by atoms with Crippen molar-refractivity contribution in [1.29, 1.82) is 0 Å². The fraction of sp³-hybridized carbons (Fsp3) is 0.259. The van der Waals surface area contributed by atoms with Crippen LogP contribution in [0.15, 0.2) is 72.8 Å². The summed E-state index contributed by atoms with van der Waals surface area (Å²) in [6.45, 7) is 6.54. The van der Waals surface area contributed by atoms with Crippen molar-refractivity contribution < 1.29 is 4.79 Å². The lowest BCUT2D eigenvalue weighted by molar-refractivity contribution is 0.0956. The predicted octanol–water partition coefficient (Wildman–Crippen LogP) is 3.77. The first-order valence-corrected chi connectivity index (χ1v) is 11.7. The molecular weight excluding hydrogens is 410 g/mol. The molecule has 6 rings (SSSR count). The van der Waals surface area contributed by atoms with Crippen molar-refractivity contribution in [2.45, 2.75) is 13.1 Å². The molecule has 0 atom stereocenters. The lowest BCUT2D eigenvalue weighted by atomic mass is 10.1. The highest BCUT2D eigenvalue weighted by Crippen LogP contribution is 2.30. The van der Waals surface area contributed by atoms with E-state index in [0.717, 1.165) is 61.7 Å². The molecule has 33 heavy (non-hydrogen) atoms. The van der Waals surface area contributed by atoms with E-state index < -0.39 is 0 Å². The third-order valence-corrected chi connectivity index (χ3v) is 6.74. The minimum atomic E-state index is -0.0208. The van der Waals surface area contributed by atoms with Crippen molar-refractivity contribution >= 4 is 22.6 Å². The smallest absolute Gasteiger partial charge is 0.253 e. The highest BCUT2D eigenvalue weighted by Gasteiger charge is 2.22. The summed E-state index contributed by atoms with van der Waals surface area (Å²) in [5.74, 6) is 0.903. The summed E-state index contributed by atoms with van der Waals surface area (Å²) in [5, 5.41) is 2.99. The average molecular weight is 438 g/mol. The monoisotopic (exact) mass is 437 g/mol. The van der Waals surface area contributed by atoms with Crippen LogP contribution in [0.1, 0.15) is 15.9 Å². The number of rotatable bonds is 4. The Morgan fingerprint density at radius 1 is 0.818 bits per heavy atom. The molecule has 0 saturated carbocycles. The molecule has 1 N–H and O–H groups in total. The first-order valence-electron chi connectivity index (χ1n) is 11.7. The number of aromatic nitrogens is 2. The molecule has 0 bridgehead atoms. The fourth-order valence-corrected chi connectivity index (χ4v) is 5.01. The van der Waals surface area contributed by atoms with E-state index in [4.69, 9.17) is 4.98 Å². The van der Waals surface area contributed by atoms with Crippen molar-refractivity contribution in [3.8, 4) is 11.4 Å². The molecule has 6 nitrogen and oxygen atoms in total. The number of hydrogen-bond acceptors (Lipinski definition) is 4. The van der Waals surface area contributed by atoms with Crippen molar-refractivity contribution in [1.82, 2.24) is 19.8 Å². The van der Waals surface area contributed by atoms with Crippen LogP contribution in [0.5, 0.6) is 0 Å². The largest absolute Gasteiger partial charge is 0.369 e. The Morgan fingerprint density at radius 3 is 2.39 bits per heavy atom.